The van der Waals surface area contributed by atoms with Crippen molar-refractivity contribution in [1.29, 1.82) is 0 Å². The van der Waals surface area contributed by atoms with Crippen molar-refractivity contribution in [1.82, 2.24) is 5.32 Å². The van der Waals surface area contributed by atoms with Gasteiger partial charge in [0.1, 0.15) is 11.6 Å². The lowest BCUT2D eigenvalue weighted by atomic mass is 9.94. The van der Waals surface area contributed by atoms with Gasteiger partial charge >= 0.3 is 0 Å². The molecule has 0 aliphatic heterocycles. The van der Waals surface area contributed by atoms with Gasteiger partial charge in [-0.3, -0.25) is 0 Å². The summed E-state index contributed by atoms with van der Waals surface area (Å²) in [6.07, 6.45) is 7.05. The Kier molecular flexibility index (Phi) is 5.32. The van der Waals surface area contributed by atoms with Gasteiger partial charge in [-0.05, 0) is 37.4 Å². The van der Waals surface area contributed by atoms with Crippen molar-refractivity contribution in [2.24, 2.45) is 5.92 Å². The average molecular weight is 267 g/mol. The summed E-state index contributed by atoms with van der Waals surface area (Å²) in [5.41, 5.74) is 0.211. The minimum absolute atomic E-state index is 0.202. The highest BCUT2D eigenvalue weighted by Gasteiger charge is 2.22. The highest BCUT2D eigenvalue weighted by Crippen LogP contribution is 2.32. The predicted octanol–water partition coefficient (Wildman–Crippen LogP) is 4.59. The molecule has 2 rings (SSSR count). The highest BCUT2D eigenvalue weighted by atomic mass is 19.1. The molecule has 1 saturated carbocycles. The van der Waals surface area contributed by atoms with Gasteiger partial charge in [-0.25, -0.2) is 8.78 Å². The molecule has 1 fully saturated rings. The summed E-state index contributed by atoms with van der Waals surface area (Å²) in [6, 6.07) is 3.91. The lowest BCUT2D eigenvalue weighted by Gasteiger charge is -2.21. The number of halogens is 2. The third-order valence-corrected chi connectivity index (χ3v) is 4.14. The van der Waals surface area contributed by atoms with E-state index in [-0.39, 0.29) is 11.6 Å². The molecule has 1 aliphatic carbocycles. The lowest BCUT2D eigenvalue weighted by Crippen LogP contribution is -2.23. The quantitative estimate of drug-likeness (QED) is 0.795. The number of hydrogen-bond donors (Lipinski definition) is 1. The van der Waals surface area contributed by atoms with Crippen molar-refractivity contribution in [3.63, 3.8) is 0 Å². The van der Waals surface area contributed by atoms with Crippen LogP contribution in [0, 0.1) is 17.6 Å². The normalized spacial score (nSPS) is 17.8. The summed E-state index contributed by atoms with van der Waals surface area (Å²) in [7, 11) is 0. The first-order valence-electron chi connectivity index (χ1n) is 7.39. The summed E-state index contributed by atoms with van der Waals surface area (Å²) in [6.45, 7) is 2.70. The molecule has 0 amide bonds. The van der Waals surface area contributed by atoms with Crippen LogP contribution in [0.15, 0.2) is 18.2 Å². The lowest BCUT2D eigenvalue weighted by molar-refractivity contribution is 0.396. The van der Waals surface area contributed by atoms with Crippen LogP contribution in [0.4, 0.5) is 8.78 Å². The van der Waals surface area contributed by atoms with E-state index >= 15 is 0 Å². The standard InChI is InChI=1S/C16H23F2N/c1-2-19-15(11-10-12-6-3-4-7-12)16-13(17)8-5-9-14(16)18/h5,8-9,12,15,19H,2-4,6-7,10-11H2,1H3. The van der Waals surface area contributed by atoms with Crippen LogP contribution in [0.5, 0.6) is 0 Å². The van der Waals surface area contributed by atoms with Crippen molar-refractivity contribution in [2.45, 2.75) is 51.5 Å². The van der Waals surface area contributed by atoms with Crippen molar-refractivity contribution in [3.8, 4) is 0 Å². The van der Waals surface area contributed by atoms with Gasteiger partial charge in [-0.1, -0.05) is 38.7 Å². The fourth-order valence-corrected chi connectivity index (χ4v) is 3.14. The van der Waals surface area contributed by atoms with E-state index in [0.29, 0.717) is 0 Å². The first-order chi connectivity index (χ1) is 9.22. The molecular formula is C16H23F2N. The second-order valence-corrected chi connectivity index (χ2v) is 5.47. The second-order valence-electron chi connectivity index (χ2n) is 5.47. The van der Waals surface area contributed by atoms with Crippen molar-refractivity contribution >= 4 is 0 Å². The summed E-state index contributed by atoms with van der Waals surface area (Å²) < 4.78 is 27.7. The second kappa shape index (κ2) is 6.99. The molecule has 0 radical (unpaired) electrons. The molecule has 1 atom stereocenters. The van der Waals surface area contributed by atoms with Crippen LogP contribution in [0.25, 0.3) is 0 Å². The smallest absolute Gasteiger partial charge is 0.130 e. The van der Waals surface area contributed by atoms with Crippen molar-refractivity contribution in [2.75, 3.05) is 6.54 Å². The molecule has 1 aliphatic rings. The minimum Gasteiger partial charge on any atom is -0.310 e. The van der Waals surface area contributed by atoms with Crippen LogP contribution in [0.1, 0.15) is 57.1 Å². The van der Waals surface area contributed by atoms with E-state index in [2.05, 4.69) is 5.32 Å². The Balaban J connectivity index is 2.05. The molecule has 1 aromatic carbocycles. The van der Waals surface area contributed by atoms with Crippen LogP contribution in [-0.2, 0) is 0 Å². The van der Waals surface area contributed by atoms with Gasteiger partial charge < -0.3 is 5.32 Å². The van der Waals surface area contributed by atoms with Gasteiger partial charge in [0.05, 0.1) is 0 Å². The first kappa shape index (κ1) is 14.4. The summed E-state index contributed by atoms with van der Waals surface area (Å²) in [4.78, 5) is 0. The van der Waals surface area contributed by atoms with Gasteiger partial charge in [-0.2, -0.15) is 0 Å². The Morgan fingerprint density at radius 3 is 2.42 bits per heavy atom. The number of nitrogens with one attached hydrogen (secondary N) is 1. The van der Waals surface area contributed by atoms with Crippen molar-refractivity contribution in [3.05, 3.63) is 35.4 Å². The molecule has 19 heavy (non-hydrogen) atoms. The Morgan fingerprint density at radius 2 is 1.84 bits per heavy atom. The first-order valence-corrected chi connectivity index (χ1v) is 7.39. The maximum absolute atomic E-state index is 13.8. The predicted molar refractivity (Wildman–Crippen MR) is 74.0 cm³/mol. The van der Waals surface area contributed by atoms with Crippen LogP contribution < -0.4 is 5.32 Å². The molecule has 3 heteroatoms. The molecule has 1 unspecified atom stereocenters. The number of rotatable bonds is 6. The third kappa shape index (κ3) is 3.75. The Hall–Kier alpha value is -0.960. The molecule has 0 saturated heterocycles. The van der Waals surface area contributed by atoms with Crippen LogP contribution in [0.2, 0.25) is 0 Å². The highest BCUT2D eigenvalue weighted by molar-refractivity contribution is 5.23. The molecule has 0 heterocycles. The van der Waals surface area contributed by atoms with E-state index in [0.717, 1.165) is 25.3 Å². The molecule has 0 spiro atoms. The van der Waals surface area contributed by atoms with Crippen LogP contribution in [-0.4, -0.2) is 6.54 Å². The molecule has 1 aromatic rings. The van der Waals surface area contributed by atoms with Crippen LogP contribution >= 0.6 is 0 Å². The monoisotopic (exact) mass is 267 g/mol. The summed E-state index contributed by atoms with van der Waals surface area (Å²) in [5.74, 6) is -0.120. The summed E-state index contributed by atoms with van der Waals surface area (Å²) >= 11 is 0. The fourth-order valence-electron chi connectivity index (χ4n) is 3.14. The number of hydrogen-bond acceptors (Lipinski definition) is 1. The van der Waals surface area contributed by atoms with Crippen LogP contribution in [0.3, 0.4) is 0 Å². The van der Waals surface area contributed by atoms with E-state index in [9.17, 15) is 8.78 Å². The maximum Gasteiger partial charge on any atom is 0.130 e. The minimum atomic E-state index is -0.433. The molecule has 1 nitrogen and oxygen atoms in total. The average Bonchev–Trinajstić information content (AvgIpc) is 2.88. The van der Waals surface area contributed by atoms with Gasteiger partial charge in [0.15, 0.2) is 0 Å². The Labute approximate surface area is 114 Å². The van der Waals surface area contributed by atoms with E-state index in [1.165, 1.54) is 43.9 Å². The van der Waals surface area contributed by atoms with Gasteiger partial charge in [-0.15, -0.1) is 0 Å². The zero-order valence-electron chi connectivity index (χ0n) is 11.6. The Bertz CT molecular complexity index is 379. The third-order valence-electron chi connectivity index (χ3n) is 4.14. The molecular weight excluding hydrogens is 244 g/mol. The molecule has 106 valence electrons. The molecule has 1 N–H and O–H groups in total. The topological polar surface area (TPSA) is 12.0 Å². The molecule has 0 bridgehead atoms. The number of benzene rings is 1. The molecule has 0 aromatic heterocycles. The van der Waals surface area contributed by atoms with Gasteiger partial charge in [0.2, 0.25) is 0 Å². The Morgan fingerprint density at radius 1 is 1.21 bits per heavy atom. The zero-order chi connectivity index (χ0) is 13.7. The van der Waals surface area contributed by atoms with Gasteiger partial charge in [0.25, 0.3) is 0 Å². The van der Waals surface area contributed by atoms with E-state index in [1.54, 1.807) is 0 Å². The van der Waals surface area contributed by atoms with Gasteiger partial charge in [0, 0.05) is 11.6 Å². The van der Waals surface area contributed by atoms with Crippen molar-refractivity contribution < 1.29 is 8.78 Å². The fraction of sp³-hybridized carbons (Fsp3) is 0.625. The largest absolute Gasteiger partial charge is 0.310 e. The van der Waals surface area contributed by atoms with E-state index in [1.807, 2.05) is 6.92 Å². The maximum atomic E-state index is 13.8. The zero-order valence-corrected chi connectivity index (χ0v) is 11.6. The SMILES string of the molecule is CCNC(CCC1CCCC1)c1c(F)cccc1F. The van der Waals surface area contributed by atoms with E-state index < -0.39 is 11.6 Å². The van der Waals surface area contributed by atoms with E-state index in [4.69, 9.17) is 0 Å². The summed E-state index contributed by atoms with van der Waals surface area (Å²) in [5, 5.41) is 3.22.